The minimum Gasteiger partial charge on any atom is -0.308 e. The second-order valence-electron chi connectivity index (χ2n) is 6.98. The average molecular weight is 275 g/mol. The van der Waals surface area contributed by atoms with Gasteiger partial charge in [-0.3, -0.25) is 4.68 Å². The van der Waals surface area contributed by atoms with Crippen LogP contribution in [0.5, 0.6) is 0 Å². The first kappa shape index (κ1) is 14.1. The van der Waals surface area contributed by atoms with Crippen molar-refractivity contribution >= 4 is 0 Å². The fraction of sp³-hybridized carbons (Fsp3) is 0.824. The van der Waals surface area contributed by atoms with Crippen LogP contribution in [0.4, 0.5) is 0 Å². The van der Waals surface area contributed by atoms with Gasteiger partial charge in [-0.15, -0.1) is 0 Å². The van der Waals surface area contributed by atoms with Crippen LogP contribution in [0.2, 0.25) is 0 Å². The van der Waals surface area contributed by atoms with Crippen molar-refractivity contribution < 1.29 is 0 Å². The monoisotopic (exact) mass is 275 g/mol. The summed E-state index contributed by atoms with van der Waals surface area (Å²) < 4.78 is 2.22. The molecule has 0 amide bonds. The summed E-state index contributed by atoms with van der Waals surface area (Å²) in [5.41, 5.74) is 1.21. The topological polar surface area (TPSA) is 29.9 Å². The SMILES string of the molecule is CC1CCC(NCc2ccn(C3CCCCC3)n2)C1C. The van der Waals surface area contributed by atoms with Crippen molar-refractivity contribution in [3.8, 4) is 0 Å². The molecule has 3 atom stereocenters. The minimum atomic E-state index is 0.655. The van der Waals surface area contributed by atoms with E-state index in [4.69, 9.17) is 5.10 Å². The van der Waals surface area contributed by atoms with Crippen LogP contribution in [0, 0.1) is 11.8 Å². The Bertz CT molecular complexity index is 420. The third-order valence-corrected chi connectivity index (χ3v) is 5.62. The molecule has 3 heteroatoms. The Hall–Kier alpha value is -0.830. The molecule has 3 rings (SSSR count). The number of nitrogens with one attached hydrogen (secondary N) is 1. The van der Waals surface area contributed by atoms with Crippen LogP contribution in [-0.4, -0.2) is 15.8 Å². The maximum atomic E-state index is 4.79. The summed E-state index contributed by atoms with van der Waals surface area (Å²) in [6, 6.07) is 3.54. The Morgan fingerprint density at radius 3 is 2.65 bits per heavy atom. The van der Waals surface area contributed by atoms with E-state index in [0.717, 1.165) is 18.4 Å². The molecule has 3 unspecified atom stereocenters. The Balaban J connectivity index is 1.52. The van der Waals surface area contributed by atoms with E-state index < -0.39 is 0 Å². The Kier molecular flexibility index (Phi) is 4.45. The quantitative estimate of drug-likeness (QED) is 0.903. The Morgan fingerprint density at radius 2 is 1.95 bits per heavy atom. The summed E-state index contributed by atoms with van der Waals surface area (Å²) in [4.78, 5) is 0. The molecule has 0 radical (unpaired) electrons. The van der Waals surface area contributed by atoms with Gasteiger partial charge in [0.1, 0.15) is 0 Å². The van der Waals surface area contributed by atoms with Crippen molar-refractivity contribution in [2.75, 3.05) is 0 Å². The fourth-order valence-corrected chi connectivity index (χ4v) is 3.91. The number of nitrogens with zero attached hydrogens (tertiary/aromatic N) is 2. The average Bonchev–Trinajstić information content (AvgIpc) is 3.07. The van der Waals surface area contributed by atoms with Crippen molar-refractivity contribution in [1.82, 2.24) is 15.1 Å². The number of rotatable bonds is 4. The molecule has 2 saturated carbocycles. The second-order valence-corrected chi connectivity index (χ2v) is 6.98. The normalized spacial score (nSPS) is 31.8. The molecule has 112 valence electrons. The highest BCUT2D eigenvalue weighted by molar-refractivity contribution is 5.00. The number of hydrogen-bond acceptors (Lipinski definition) is 2. The summed E-state index contributed by atoms with van der Waals surface area (Å²) in [5, 5.41) is 8.51. The molecular formula is C17H29N3. The van der Waals surface area contributed by atoms with E-state index in [1.165, 1.54) is 50.6 Å². The van der Waals surface area contributed by atoms with Crippen molar-refractivity contribution in [3.05, 3.63) is 18.0 Å². The number of aromatic nitrogens is 2. The molecule has 1 N–H and O–H groups in total. The molecule has 1 aromatic rings. The highest BCUT2D eigenvalue weighted by atomic mass is 15.3. The predicted molar refractivity (Wildman–Crippen MR) is 82.5 cm³/mol. The second kappa shape index (κ2) is 6.30. The van der Waals surface area contributed by atoms with E-state index in [-0.39, 0.29) is 0 Å². The molecule has 0 aliphatic heterocycles. The zero-order valence-corrected chi connectivity index (χ0v) is 13.0. The van der Waals surface area contributed by atoms with Gasteiger partial charge in [0.05, 0.1) is 11.7 Å². The molecule has 2 fully saturated rings. The summed E-state index contributed by atoms with van der Waals surface area (Å²) in [6.45, 7) is 5.70. The molecular weight excluding hydrogens is 246 g/mol. The lowest BCUT2D eigenvalue weighted by atomic mass is 9.96. The smallest absolute Gasteiger partial charge is 0.0762 e. The van der Waals surface area contributed by atoms with E-state index in [2.05, 4.69) is 36.1 Å². The predicted octanol–water partition coefficient (Wildman–Crippen LogP) is 3.91. The molecule has 0 saturated heterocycles. The molecule has 0 bridgehead atoms. The van der Waals surface area contributed by atoms with Gasteiger partial charge >= 0.3 is 0 Å². The van der Waals surface area contributed by atoms with Gasteiger partial charge in [0, 0.05) is 18.8 Å². The third kappa shape index (κ3) is 3.08. The first-order valence-electron chi connectivity index (χ1n) is 8.51. The van der Waals surface area contributed by atoms with Crippen molar-refractivity contribution in [1.29, 1.82) is 0 Å². The van der Waals surface area contributed by atoms with E-state index in [9.17, 15) is 0 Å². The first-order chi connectivity index (χ1) is 9.74. The lowest BCUT2D eigenvalue weighted by Gasteiger charge is -2.22. The van der Waals surface area contributed by atoms with Crippen molar-refractivity contribution in [3.63, 3.8) is 0 Å². The molecule has 3 nitrogen and oxygen atoms in total. The standard InChI is InChI=1S/C17H29N3/c1-13-8-9-17(14(13)2)18-12-15-10-11-20(19-15)16-6-4-3-5-7-16/h10-11,13-14,16-18H,3-9,12H2,1-2H3. The van der Waals surface area contributed by atoms with Crippen molar-refractivity contribution in [2.45, 2.75) is 77.4 Å². The molecule has 2 aliphatic carbocycles. The van der Waals surface area contributed by atoms with E-state index in [1.54, 1.807) is 0 Å². The highest BCUT2D eigenvalue weighted by Gasteiger charge is 2.29. The minimum absolute atomic E-state index is 0.655. The van der Waals surface area contributed by atoms with Crippen LogP contribution < -0.4 is 5.32 Å². The van der Waals surface area contributed by atoms with Crippen LogP contribution in [0.15, 0.2) is 12.3 Å². The number of hydrogen-bond donors (Lipinski definition) is 1. The maximum Gasteiger partial charge on any atom is 0.0762 e. The Morgan fingerprint density at radius 1 is 1.15 bits per heavy atom. The molecule has 2 aliphatic rings. The molecule has 1 heterocycles. The summed E-state index contributed by atoms with van der Waals surface area (Å²) in [6.07, 6.45) is 11.7. The molecule has 0 aromatic carbocycles. The highest BCUT2D eigenvalue weighted by Crippen LogP contribution is 2.31. The summed E-state index contributed by atoms with van der Waals surface area (Å²) in [7, 11) is 0. The lowest BCUT2D eigenvalue weighted by molar-refractivity contribution is 0.326. The zero-order chi connectivity index (χ0) is 13.9. The van der Waals surface area contributed by atoms with Crippen molar-refractivity contribution in [2.24, 2.45) is 11.8 Å². The zero-order valence-electron chi connectivity index (χ0n) is 13.0. The Labute approximate surface area is 123 Å². The van der Waals surface area contributed by atoms with Gasteiger partial charge in [-0.2, -0.15) is 5.10 Å². The summed E-state index contributed by atoms with van der Waals surface area (Å²) >= 11 is 0. The summed E-state index contributed by atoms with van der Waals surface area (Å²) in [5.74, 6) is 1.67. The van der Waals surface area contributed by atoms with Gasteiger partial charge in [-0.05, 0) is 43.6 Å². The first-order valence-corrected chi connectivity index (χ1v) is 8.51. The largest absolute Gasteiger partial charge is 0.308 e. The van der Waals surface area contributed by atoms with Gasteiger partial charge < -0.3 is 5.32 Å². The van der Waals surface area contributed by atoms with Gasteiger partial charge in [0.2, 0.25) is 0 Å². The van der Waals surface area contributed by atoms with Gasteiger partial charge in [-0.1, -0.05) is 33.1 Å². The van der Waals surface area contributed by atoms with Crippen LogP contribution in [0.1, 0.15) is 70.5 Å². The van der Waals surface area contributed by atoms with Gasteiger partial charge in [0.25, 0.3) is 0 Å². The maximum absolute atomic E-state index is 4.79. The molecule has 0 spiro atoms. The van der Waals surface area contributed by atoms with Gasteiger partial charge in [0.15, 0.2) is 0 Å². The third-order valence-electron chi connectivity index (χ3n) is 5.62. The van der Waals surface area contributed by atoms with E-state index in [0.29, 0.717) is 12.1 Å². The van der Waals surface area contributed by atoms with E-state index >= 15 is 0 Å². The molecule has 1 aromatic heterocycles. The fourth-order valence-electron chi connectivity index (χ4n) is 3.91. The molecule has 20 heavy (non-hydrogen) atoms. The van der Waals surface area contributed by atoms with Gasteiger partial charge in [-0.25, -0.2) is 0 Å². The van der Waals surface area contributed by atoms with Crippen LogP contribution in [-0.2, 0) is 6.54 Å². The lowest BCUT2D eigenvalue weighted by Crippen LogP contribution is -2.32. The van der Waals surface area contributed by atoms with Crippen LogP contribution in [0.25, 0.3) is 0 Å². The van der Waals surface area contributed by atoms with Crippen LogP contribution in [0.3, 0.4) is 0 Å². The van der Waals surface area contributed by atoms with E-state index in [1.807, 2.05) is 0 Å². The van der Waals surface area contributed by atoms with Crippen LogP contribution >= 0.6 is 0 Å².